The molecule has 0 aliphatic rings. The van der Waals surface area contributed by atoms with E-state index in [9.17, 15) is 0 Å². The summed E-state index contributed by atoms with van der Waals surface area (Å²) in [7, 11) is 5.10. The molecule has 0 saturated carbocycles. The van der Waals surface area contributed by atoms with Gasteiger partial charge in [0, 0.05) is 5.92 Å². The first-order valence-electron chi connectivity index (χ1n) is 3.26. The Morgan fingerprint density at radius 2 is 2.10 bits per heavy atom. The quantitative estimate of drug-likeness (QED) is 0.654. The van der Waals surface area contributed by atoms with Crippen molar-refractivity contribution >= 4 is 19.9 Å². The Labute approximate surface area is 69.2 Å². The molecule has 0 bridgehead atoms. The Hall–Kier alpha value is 0.130. The van der Waals surface area contributed by atoms with Crippen LogP contribution in [0, 0.1) is 17.2 Å². The van der Waals surface area contributed by atoms with Gasteiger partial charge in [-0.1, -0.05) is 10.7 Å². The first-order valence-corrected chi connectivity index (χ1v) is 6.70. The zero-order valence-electron chi connectivity index (χ0n) is 6.72. The zero-order chi connectivity index (χ0) is 8.20. The van der Waals surface area contributed by atoms with Crippen molar-refractivity contribution in [1.29, 1.82) is 5.26 Å². The van der Waals surface area contributed by atoms with E-state index in [1.165, 1.54) is 0 Å². The average Bonchev–Trinajstić information content (AvgIpc) is 1.81. The van der Waals surface area contributed by atoms with Crippen molar-refractivity contribution in [3.8, 4) is 6.07 Å². The van der Waals surface area contributed by atoms with Gasteiger partial charge in [-0.05, 0) is 31.6 Å². The maximum atomic E-state index is 8.45. The van der Waals surface area contributed by atoms with Crippen LogP contribution < -0.4 is 0 Å². The van der Waals surface area contributed by atoms with Crippen LogP contribution in [0.2, 0.25) is 0 Å². The SMILES string of the molecule is CC(C#N)CCS(C)(C)Cl. The van der Waals surface area contributed by atoms with E-state index in [0.717, 1.165) is 12.2 Å². The largest absolute Gasteiger partial charge is 0.198 e. The summed E-state index contributed by atoms with van der Waals surface area (Å²) in [4.78, 5) is 0. The Morgan fingerprint density at radius 3 is 2.40 bits per heavy atom. The predicted molar refractivity (Wildman–Crippen MR) is 49.6 cm³/mol. The number of nitrogens with zero attached hydrogens (tertiary/aromatic N) is 1. The monoisotopic (exact) mass is 179 g/mol. The van der Waals surface area contributed by atoms with Crippen LogP contribution in [0.15, 0.2) is 0 Å². The highest BCUT2D eigenvalue weighted by atomic mass is 35.7. The van der Waals surface area contributed by atoms with E-state index in [1.54, 1.807) is 0 Å². The Morgan fingerprint density at radius 1 is 1.60 bits per heavy atom. The van der Waals surface area contributed by atoms with E-state index in [4.69, 9.17) is 15.9 Å². The predicted octanol–water partition coefficient (Wildman–Crippen LogP) is 2.75. The first-order chi connectivity index (χ1) is 4.45. The molecule has 0 aromatic carbocycles. The van der Waals surface area contributed by atoms with Gasteiger partial charge in [0.1, 0.15) is 0 Å². The van der Waals surface area contributed by atoms with Crippen LogP contribution >= 0.6 is 19.9 Å². The van der Waals surface area contributed by atoms with Crippen LogP contribution in [0.25, 0.3) is 0 Å². The molecule has 0 aliphatic carbocycles. The zero-order valence-corrected chi connectivity index (χ0v) is 8.30. The van der Waals surface area contributed by atoms with Gasteiger partial charge in [-0.3, -0.25) is 0 Å². The van der Waals surface area contributed by atoms with Gasteiger partial charge in [-0.2, -0.15) is 14.5 Å². The molecule has 0 fully saturated rings. The molecule has 0 heterocycles. The van der Waals surface area contributed by atoms with Gasteiger partial charge in [0.2, 0.25) is 0 Å². The Bertz CT molecular complexity index is 134. The third-order valence-electron chi connectivity index (χ3n) is 1.26. The molecule has 0 aliphatic heterocycles. The summed E-state index contributed by atoms with van der Waals surface area (Å²) in [6.07, 6.45) is 5.04. The molecule has 0 radical (unpaired) electrons. The van der Waals surface area contributed by atoms with Gasteiger partial charge in [0.05, 0.1) is 6.07 Å². The van der Waals surface area contributed by atoms with E-state index in [2.05, 4.69) is 18.6 Å². The fourth-order valence-electron chi connectivity index (χ4n) is 0.522. The van der Waals surface area contributed by atoms with Crippen molar-refractivity contribution in [1.82, 2.24) is 0 Å². The van der Waals surface area contributed by atoms with Gasteiger partial charge < -0.3 is 0 Å². The van der Waals surface area contributed by atoms with Gasteiger partial charge >= 0.3 is 0 Å². The lowest BCUT2D eigenvalue weighted by atomic mass is 10.1. The van der Waals surface area contributed by atoms with Crippen LogP contribution in [-0.4, -0.2) is 18.3 Å². The lowest BCUT2D eigenvalue weighted by Crippen LogP contribution is -1.99. The molecule has 0 rings (SSSR count). The van der Waals surface area contributed by atoms with Crippen molar-refractivity contribution in [2.75, 3.05) is 18.3 Å². The molecular formula is C7H14ClNS. The minimum absolute atomic E-state index is 0.158. The molecule has 1 nitrogen and oxygen atoms in total. The van der Waals surface area contributed by atoms with E-state index >= 15 is 0 Å². The second-order valence-corrected chi connectivity index (χ2v) is 8.65. The first kappa shape index (κ1) is 10.1. The molecule has 0 aromatic heterocycles. The minimum Gasteiger partial charge on any atom is -0.198 e. The van der Waals surface area contributed by atoms with Gasteiger partial charge in [0.15, 0.2) is 0 Å². The standard InChI is InChI=1S/C7H14ClNS/c1-7(6-9)4-5-10(2,3)8/h7H,4-5H2,1-3H3. The molecule has 0 spiro atoms. The van der Waals surface area contributed by atoms with E-state index in [1.807, 2.05) is 6.92 Å². The highest BCUT2D eigenvalue weighted by Crippen LogP contribution is 2.46. The van der Waals surface area contributed by atoms with Crippen molar-refractivity contribution in [3.63, 3.8) is 0 Å². The van der Waals surface area contributed by atoms with Gasteiger partial charge in [-0.15, -0.1) is 0 Å². The summed E-state index contributed by atoms with van der Waals surface area (Å²) in [6.45, 7) is 1.93. The number of halogens is 1. The maximum absolute atomic E-state index is 8.45. The average molecular weight is 180 g/mol. The molecule has 0 saturated heterocycles. The molecule has 1 atom stereocenters. The molecule has 1 unspecified atom stereocenters. The van der Waals surface area contributed by atoms with Crippen LogP contribution in [0.3, 0.4) is 0 Å². The summed E-state index contributed by atoms with van der Waals surface area (Å²) in [5.41, 5.74) is 0. The smallest absolute Gasteiger partial charge is 0.0653 e. The van der Waals surface area contributed by atoms with Crippen molar-refractivity contribution in [3.05, 3.63) is 0 Å². The third-order valence-corrected chi connectivity index (χ3v) is 2.93. The fourth-order valence-corrected chi connectivity index (χ4v) is 1.70. The summed E-state index contributed by atoms with van der Waals surface area (Å²) in [5, 5.41) is 8.45. The topological polar surface area (TPSA) is 23.8 Å². The Balaban J connectivity index is 3.48. The number of hydrogen-bond acceptors (Lipinski definition) is 1. The molecule has 60 valence electrons. The number of nitriles is 1. The van der Waals surface area contributed by atoms with Crippen molar-refractivity contribution < 1.29 is 0 Å². The molecule has 0 N–H and O–H groups in total. The summed E-state index contributed by atoms with van der Waals surface area (Å²) >= 11 is 0. The molecule has 3 heteroatoms. The minimum atomic E-state index is -0.908. The van der Waals surface area contributed by atoms with Crippen molar-refractivity contribution in [2.45, 2.75) is 13.3 Å². The van der Waals surface area contributed by atoms with Crippen LogP contribution in [0.5, 0.6) is 0 Å². The van der Waals surface area contributed by atoms with E-state index in [-0.39, 0.29) is 5.92 Å². The molecule has 0 aromatic rings. The maximum Gasteiger partial charge on any atom is 0.0653 e. The highest BCUT2D eigenvalue weighted by Gasteiger charge is 2.08. The normalized spacial score (nSPS) is 15.9. The number of hydrogen-bond donors (Lipinski definition) is 0. The van der Waals surface area contributed by atoms with Crippen LogP contribution in [0.4, 0.5) is 0 Å². The number of rotatable bonds is 3. The molecule has 0 amide bonds. The summed E-state index contributed by atoms with van der Waals surface area (Å²) in [5.74, 6) is 1.15. The van der Waals surface area contributed by atoms with Gasteiger partial charge in [0.25, 0.3) is 0 Å². The molecule has 10 heavy (non-hydrogen) atoms. The lowest BCUT2D eigenvalue weighted by molar-refractivity contribution is 0.719. The lowest BCUT2D eigenvalue weighted by Gasteiger charge is -2.21. The van der Waals surface area contributed by atoms with Crippen molar-refractivity contribution in [2.24, 2.45) is 5.92 Å². The van der Waals surface area contributed by atoms with E-state index < -0.39 is 9.24 Å². The second-order valence-electron chi connectivity index (χ2n) is 2.93. The fraction of sp³-hybridized carbons (Fsp3) is 0.857. The highest BCUT2D eigenvalue weighted by molar-refractivity contribution is 8.50. The Kier molecular flexibility index (Phi) is 4.15. The summed E-state index contributed by atoms with van der Waals surface area (Å²) < 4.78 is 0. The van der Waals surface area contributed by atoms with E-state index in [0.29, 0.717) is 0 Å². The van der Waals surface area contributed by atoms with Crippen LogP contribution in [-0.2, 0) is 0 Å². The molecular weight excluding hydrogens is 166 g/mol. The summed E-state index contributed by atoms with van der Waals surface area (Å²) in [6, 6.07) is 2.19. The third kappa shape index (κ3) is 6.25. The van der Waals surface area contributed by atoms with Gasteiger partial charge in [-0.25, -0.2) is 0 Å². The second kappa shape index (κ2) is 4.10. The van der Waals surface area contributed by atoms with Crippen LogP contribution in [0.1, 0.15) is 13.3 Å².